The van der Waals surface area contributed by atoms with E-state index in [2.05, 4.69) is 10.1 Å². The summed E-state index contributed by atoms with van der Waals surface area (Å²) in [4.78, 5) is 36.7. The molecule has 0 aromatic heterocycles. The monoisotopic (exact) mass is 306 g/mol. The third-order valence-corrected chi connectivity index (χ3v) is 3.50. The molecule has 2 amide bonds. The summed E-state index contributed by atoms with van der Waals surface area (Å²) >= 11 is 0. The van der Waals surface area contributed by atoms with Gasteiger partial charge in [0.25, 0.3) is 5.91 Å². The summed E-state index contributed by atoms with van der Waals surface area (Å²) in [6.07, 6.45) is 0.130. The van der Waals surface area contributed by atoms with Crippen molar-refractivity contribution in [1.29, 1.82) is 0 Å². The Kier molecular flexibility index (Phi) is 5.11. The summed E-state index contributed by atoms with van der Waals surface area (Å²) in [5.41, 5.74) is 1.07. The Morgan fingerprint density at radius 1 is 1.36 bits per heavy atom. The molecule has 1 aliphatic heterocycles. The molecule has 7 heteroatoms. The lowest BCUT2D eigenvalue weighted by Gasteiger charge is -2.16. The van der Waals surface area contributed by atoms with E-state index in [1.165, 1.54) is 12.0 Å². The molecule has 1 unspecified atom stereocenters. The molecule has 118 valence electrons. The van der Waals surface area contributed by atoms with Crippen LogP contribution in [0.15, 0.2) is 24.3 Å². The zero-order valence-corrected chi connectivity index (χ0v) is 12.2. The lowest BCUT2D eigenvalue weighted by atomic mass is 10.1. The van der Waals surface area contributed by atoms with E-state index >= 15 is 0 Å². The molecule has 1 saturated heterocycles. The van der Waals surface area contributed by atoms with Gasteiger partial charge in [-0.2, -0.15) is 0 Å². The number of carbonyl (C=O) groups is 3. The second-order valence-electron chi connectivity index (χ2n) is 4.95. The number of anilines is 1. The predicted molar refractivity (Wildman–Crippen MR) is 78.3 cm³/mol. The Balaban J connectivity index is 2.06. The van der Waals surface area contributed by atoms with Gasteiger partial charge in [0.15, 0.2) is 0 Å². The van der Waals surface area contributed by atoms with Crippen LogP contribution < -0.4 is 10.2 Å². The number of ether oxygens (including phenoxy) is 1. The normalized spacial score (nSPS) is 17.5. The maximum atomic E-state index is 12.0. The van der Waals surface area contributed by atoms with Crippen LogP contribution in [-0.4, -0.2) is 49.7 Å². The van der Waals surface area contributed by atoms with Crippen LogP contribution in [0.2, 0.25) is 0 Å². The van der Waals surface area contributed by atoms with E-state index in [4.69, 9.17) is 5.11 Å². The molecule has 22 heavy (non-hydrogen) atoms. The van der Waals surface area contributed by atoms with Crippen LogP contribution in [0.25, 0.3) is 0 Å². The van der Waals surface area contributed by atoms with Gasteiger partial charge in [-0.05, 0) is 24.3 Å². The van der Waals surface area contributed by atoms with Gasteiger partial charge < -0.3 is 20.1 Å². The minimum absolute atomic E-state index is 0.124. The van der Waals surface area contributed by atoms with Gasteiger partial charge in [-0.3, -0.25) is 14.4 Å². The molecule has 2 N–H and O–H groups in total. The number of amides is 2. The molecule has 1 fully saturated rings. The lowest BCUT2D eigenvalue weighted by molar-refractivity contribution is -0.145. The summed E-state index contributed by atoms with van der Waals surface area (Å²) < 4.78 is 4.66. The summed E-state index contributed by atoms with van der Waals surface area (Å²) in [6.45, 7) is 0.342. The molecule has 1 aromatic rings. The molecule has 1 aliphatic rings. The molecular formula is C15H18N2O5. The maximum absolute atomic E-state index is 12.0. The Hall–Kier alpha value is -2.41. The standard InChI is InChI=1S/C15H18N2O5/c1-22-15(21)11-8-13(19)17(9-11)12-4-2-10(3-5-12)14(20)16-6-7-18/h2-5,11,18H,6-9H2,1H3,(H,16,20). The minimum Gasteiger partial charge on any atom is -0.469 e. The summed E-state index contributed by atoms with van der Waals surface area (Å²) in [5.74, 6) is -1.28. The fourth-order valence-electron chi connectivity index (χ4n) is 2.35. The van der Waals surface area contributed by atoms with Crippen LogP contribution in [0.1, 0.15) is 16.8 Å². The van der Waals surface area contributed by atoms with Gasteiger partial charge in [0.1, 0.15) is 0 Å². The number of esters is 1. The third-order valence-electron chi connectivity index (χ3n) is 3.50. The number of aliphatic hydroxyl groups is 1. The molecule has 0 radical (unpaired) electrons. The smallest absolute Gasteiger partial charge is 0.311 e. The zero-order chi connectivity index (χ0) is 16.1. The van der Waals surface area contributed by atoms with E-state index in [-0.39, 0.29) is 37.9 Å². The van der Waals surface area contributed by atoms with E-state index < -0.39 is 11.9 Å². The maximum Gasteiger partial charge on any atom is 0.311 e. The molecule has 2 rings (SSSR count). The van der Waals surface area contributed by atoms with Gasteiger partial charge in [0.2, 0.25) is 5.91 Å². The molecule has 1 atom stereocenters. The highest BCUT2D eigenvalue weighted by molar-refractivity contribution is 6.00. The summed E-state index contributed by atoms with van der Waals surface area (Å²) in [5, 5.41) is 11.2. The van der Waals surface area contributed by atoms with Crippen molar-refractivity contribution in [2.75, 3.05) is 31.7 Å². The Morgan fingerprint density at radius 2 is 2.05 bits per heavy atom. The molecule has 0 aliphatic carbocycles. The van der Waals surface area contributed by atoms with Crippen LogP contribution in [0.3, 0.4) is 0 Å². The van der Waals surface area contributed by atoms with E-state index in [9.17, 15) is 14.4 Å². The topological polar surface area (TPSA) is 95.9 Å². The molecule has 0 bridgehead atoms. The van der Waals surface area contributed by atoms with Crippen molar-refractivity contribution in [3.8, 4) is 0 Å². The van der Waals surface area contributed by atoms with Gasteiger partial charge in [-0.25, -0.2) is 0 Å². The van der Waals surface area contributed by atoms with E-state index in [0.29, 0.717) is 11.3 Å². The summed E-state index contributed by atoms with van der Waals surface area (Å²) in [6, 6.07) is 6.51. The van der Waals surface area contributed by atoms with E-state index in [0.717, 1.165) is 0 Å². The van der Waals surface area contributed by atoms with Crippen LogP contribution in [0.5, 0.6) is 0 Å². The van der Waals surface area contributed by atoms with Gasteiger partial charge in [-0.15, -0.1) is 0 Å². The predicted octanol–water partition coefficient (Wildman–Crippen LogP) is -0.0654. The third kappa shape index (κ3) is 3.43. The first-order valence-electron chi connectivity index (χ1n) is 6.94. The van der Waals surface area contributed by atoms with Crippen molar-refractivity contribution in [1.82, 2.24) is 5.32 Å². The molecule has 0 spiro atoms. The van der Waals surface area contributed by atoms with Crippen molar-refractivity contribution in [2.24, 2.45) is 5.92 Å². The molecule has 1 heterocycles. The minimum atomic E-state index is -0.454. The fourth-order valence-corrected chi connectivity index (χ4v) is 2.35. The van der Waals surface area contributed by atoms with E-state index in [1.54, 1.807) is 24.3 Å². The second kappa shape index (κ2) is 7.04. The Labute approximate surface area is 127 Å². The van der Waals surface area contributed by atoms with Crippen LogP contribution in [-0.2, 0) is 14.3 Å². The van der Waals surface area contributed by atoms with Gasteiger partial charge in [0, 0.05) is 30.8 Å². The highest BCUT2D eigenvalue weighted by atomic mass is 16.5. The Bertz CT molecular complexity index is 570. The largest absolute Gasteiger partial charge is 0.469 e. The average molecular weight is 306 g/mol. The van der Waals surface area contributed by atoms with Crippen LogP contribution in [0.4, 0.5) is 5.69 Å². The molecule has 0 saturated carbocycles. The SMILES string of the molecule is COC(=O)C1CC(=O)N(c2ccc(C(=O)NCCO)cc2)C1. The second-order valence-corrected chi connectivity index (χ2v) is 4.95. The van der Waals surface area contributed by atoms with Crippen molar-refractivity contribution in [3.05, 3.63) is 29.8 Å². The van der Waals surface area contributed by atoms with Crippen molar-refractivity contribution >= 4 is 23.5 Å². The number of nitrogens with one attached hydrogen (secondary N) is 1. The summed E-state index contributed by atoms with van der Waals surface area (Å²) in [7, 11) is 1.30. The van der Waals surface area contributed by atoms with Gasteiger partial charge >= 0.3 is 5.97 Å². The first kappa shape index (κ1) is 16.0. The van der Waals surface area contributed by atoms with Crippen molar-refractivity contribution < 1.29 is 24.2 Å². The number of rotatable bonds is 5. The fraction of sp³-hybridized carbons (Fsp3) is 0.400. The first-order valence-corrected chi connectivity index (χ1v) is 6.94. The molecule has 7 nitrogen and oxygen atoms in total. The molecular weight excluding hydrogens is 288 g/mol. The number of hydrogen-bond acceptors (Lipinski definition) is 5. The average Bonchev–Trinajstić information content (AvgIpc) is 2.93. The highest BCUT2D eigenvalue weighted by Gasteiger charge is 2.35. The lowest BCUT2D eigenvalue weighted by Crippen LogP contribution is -2.27. The first-order chi connectivity index (χ1) is 10.6. The number of hydrogen-bond donors (Lipinski definition) is 2. The number of benzene rings is 1. The van der Waals surface area contributed by atoms with Crippen molar-refractivity contribution in [3.63, 3.8) is 0 Å². The number of nitrogens with zero attached hydrogens (tertiary/aromatic N) is 1. The molecule has 1 aromatic carbocycles. The van der Waals surface area contributed by atoms with Crippen LogP contribution in [0, 0.1) is 5.92 Å². The van der Waals surface area contributed by atoms with E-state index in [1.807, 2.05) is 0 Å². The number of methoxy groups -OCH3 is 1. The van der Waals surface area contributed by atoms with Gasteiger partial charge in [-0.1, -0.05) is 0 Å². The highest BCUT2D eigenvalue weighted by Crippen LogP contribution is 2.26. The van der Waals surface area contributed by atoms with Crippen LogP contribution >= 0.6 is 0 Å². The van der Waals surface area contributed by atoms with Crippen molar-refractivity contribution in [2.45, 2.75) is 6.42 Å². The quantitative estimate of drug-likeness (QED) is 0.743. The zero-order valence-electron chi connectivity index (χ0n) is 12.2. The Morgan fingerprint density at radius 3 is 2.64 bits per heavy atom. The van der Waals surface area contributed by atoms with Gasteiger partial charge in [0.05, 0.1) is 19.6 Å². The number of aliphatic hydroxyl groups excluding tert-OH is 1. The number of carbonyl (C=O) groups excluding carboxylic acids is 3.